The van der Waals surface area contributed by atoms with Crippen molar-refractivity contribution in [2.75, 3.05) is 17.2 Å². The van der Waals surface area contributed by atoms with Gasteiger partial charge in [-0.1, -0.05) is 24.3 Å². The van der Waals surface area contributed by atoms with Gasteiger partial charge in [0.25, 0.3) is 0 Å². The molecule has 0 heterocycles. The fourth-order valence-corrected chi connectivity index (χ4v) is 2.21. The van der Waals surface area contributed by atoms with Gasteiger partial charge in [0.1, 0.15) is 0 Å². The van der Waals surface area contributed by atoms with Gasteiger partial charge in [0.15, 0.2) is 11.6 Å². The van der Waals surface area contributed by atoms with E-state index in [0.29, 0.717) is 22.5 Å². The molecule has 5 nitrogen and oxygen atoms in total. The Bertz CT molecular complexity index is 753. The molecule has 1 amide bonds. The van der Waals surface area contributed by atoms with Gasteiger partial charge in [0, 0.05) is 16.8 Å². The number of carbonyl (C=O) groups excluding carboxylic acids is 3. The summed E-state index contributed by atoms with van der Waals surface area (Å²) in [6, 6.07) is 13.8. The Labute approximate surface area is 134 Å². The minimum absolute atomic E-state index is 0.00344. The molecule has 118 valence electrons. The molecule has 0 aliphatic rings. The number of ketones is 2. The smallest absolute Gasteiger partial charge is 0.243 e. The van der Waals surface area contributed by atoms with Gasteiger partial charge in [-0.05, 0) is 38.1 Å². The molecule has 0 saturated carbocycles. The fraction of sp³-hybridized carbons (Fsp3) is 0.167. The zero-order valence-electron chi connectivity index (χ0n) is 13.1. The maximum atomic E-state index is 12.1. The first-order valence-corrected chi connectivity index (χ1v) is 7.22. The molecule has 2 N–H and O–H groups in total. The molecule has 0 fully saturated rings. The molecule has 0 atom stereocenters. The summed E-state index contributed by atoms with van der Waals surface area (Å²) >= 11 is 0. The lowest BCUT2D eigenvalue weighted by Gasteiger charge is -2.12. The molecule has 0 aliphatic carbocycles. The largest absolute Gasteiger partial charge is 0.376 e. The van der Waals surface area contributed by atoms with Gasteiger partial charge in [-0.3, -0.25) is 14.4 Å². The van der Waals surface area contributed by atoms with Crippen LogP contribution in [0.15, 0.2) is 48.5 Å². The maximum Gasteiger partial charge on any atom is 0.243 e. The van der Waals surface area contributed by atoms with E-state index < -0.39 is 0 Å². The minimum atomic E-state index is -0.294. The molecule has 0 unspecified atom stereocenters. The van der Waals surface area contributed by atoms with Crippen LogP contribution in [-0.4, -0.2) is 24.0 Å². The number of anilines is 2. The highest BCUT2D eigenvalue weighted by molar-refractivity contribution is 6.05. The molecule has 0 aromatic heterocycles. The number of benzene rings is 2. The highest BCUT2D eigenvalue weighted by Crippen LogP contribution is 2.17. The third-order valence-electron chi connectivity index (χ3n) is 3.33. The van der Waals surface area contributed by atoms with Gasteiger partial charge in [0.05, 0.1) is 12.2 Å². The van der Waals surface area contributed by atoms with E-state index in [1.807, 2.05) is 0 Å². The Kier molecular flexibility index (Phi) is 5.25. The second-order valence-electron chi connectivity index (χ2n) is 5.11. The van der Waals surface area contributed by atoms with Crippen molar-refractivity contribution in [1.82, 2.24) is 0 Å². The first-order chi connectivity index (χ1) is 11.0. The third-order valence-corrected chi connectivity index (χ3v) is 3.33. The van der Waals surface area contributed by atoms with Gasteiger partial charge in [-0.2, -0.15) is 0 Å². The number of nitrogens with one attached hydrogen (secondary N) is 2. The zero-order valence-corrected chi connectivity index (χ0v) is 13.1. The van der Waals surface area contributed by atoms with E-state index >= 15 is 0 Å². The van der Waals surface area contributed by atoms with Crippen LogP contribution >= 0.6 is 0 Å². The molecular weight excluding hydrogens is 292 g/mol. The molecule has 5 heteroatoms. The number of Topliss-reactive ketones (excluding diaryl/α,β-unsaturated/α-hetero) is 2. The van der Waals surface area contributed by atoms with Crippen molar-refractivity contribution in [3.63, 3.8) is 0 Å². The number of rotatable bonds is 6. The van der Waals surface area contributed by atoms with E-state index in [-0.39, 0.29) is 24.0 Å². The van der Waals surface area contributed by atoms with E-state index in [0.717, 1.165) is 0 Å². The Morgan fingerprint density at radius 2 is 1.26 bits per heavy atom. The van der Waals surface area contributed by atoms with Gasteiger partial charge in [-0.15, -0.1) is 0 Å². The van der Waals surface area contributed by atoms with E-state index in [2.05, 4.69) is 10.6 Å². The van der Waals surface area contributed by atoms with Crippen molar-refractivity contribution in [2.45, 2.75) is 13.8 Å². The van der Waals surface area contributed by atoms with Crippen LogP contribution in [-0.2, 0) is 4.79 Å². The lowest BCUT2D eigenvalue weighted by molar-refractivity contribution is -0.114. The summed E-state index contributed by atoms with van der Waals surface area (Å²) in [5, 5.41) is 5.65. The number of para-hydroxylation sites is 2. The second-order valence-corrected chi connectivity index (χ2v) is 5.11. The number of amides is 1. The Hall–Kier alpha value is -2.95. The number of carbonyl (C=O) groups is 3. The Morgan fingerprint density at radius 3 is 1.83 bits per heavy atom. The summed E-state index contributed by atoms with van der Waals surface area (Å²) in [6.07, 6.45) is 0. The number of hydrogen-bond donors (Lipinski definition) is 2. The summed E-state index contributed by atoms with van der Waals surface area (Å²) in [5.74, 6) is -0.483. The minimum Gasteiger partial charge on any atom is -0.376 e. The van der Waals surface area contributed by atoms with Gasteiger partial charge >= 0.3 is 0 Å². The molecule has 0 aliphatic heterocycles. The highest BCUT2D eigenvalue weighted by Gasteiger charge is 2.11. The lowest BCUT2D eigenvalue weighted by Crippen LogP contribution is -2.23. The molecule has 0 radical (unpaired) electrons. The second kappa shape index (κ2) is 7.35. The van der Waals surface area contributed by atoms with Crippen LogP contribution in [0.5, 0.6) is 0 Å². The molecule has 0 saturated heterocycles. The average molecular weight is 310 g/mol. The topological polar surface area (TPSA) is 75.3 Å². The Balaban J connectivity index is 2.04. The summed E-state index contributed by atoms with van der Waals surface area (Å²) in [7, 11) is 0. The van der Waals surface area contributed by atoms with Crippen LogP contribution in [0.3, 0.4) is 0 Å². The first kappa shape index (κ1) is 16.4. The van der Waals surface area contributed by atoms with Crippen molar-refractivity contribution >= 4 is 28.8 Å². The third kappa shape index (κ3) is 4.26. The van der Waals surface area contributed by atoms with Crippen molar-refractivity contribution < 1.29 is 14.4 Å². The van der Waals surface area contributed by atoms with Crippen LogP contribution in [0.1, 0.15) is 34.6 Å². The zero-order chi connectivity index (χ0) is 16.8. The first-order valence-electron chi connectivity index (χ1n) is 7.22. The van der Waals surface area contributed by atoms with Crippen molar-refractivity contribution in [2.24, 2.45) is 0 Å². The normalized spacial score (nSPS) is 10.0. The van der Waals surface area contributed by atoms with Gasteiger partial charge in [-0.25, -0.2) is 0 Å². The van der Waals surface area contributed by atoms with Crippen LogP contribution in [0.4, 0.5) is 11.4 Å². The Morgan fingerprint density at radius 1 is 0.783 bits per heavy atom. The average Bonchev–Trinajstić information content (AvgIpc) is 2.53. The van der Waals surface area contributed by atoms with E-state index in [1.165, 1.54) is 13.8 Å². The standard InChI is InChI=1S/C18H18N2O3/c1-12(21)14-7-3-5-9-16(14)19-11-18(23)20-17-10-6-4-8-15(17)13(2)22/h3-10,19H,11H2,1-2H3,(H,20,23). The monoisotopic (exact) mass is 310 g/mol. The van der Waals surface area contributed by atoms with Crippen molar-refractivity contribution in [3.8, 4) is 0 Å². The van der Waals surface area contributed by atoms with E-state index in [9.17, 15) is 14.4 Å². The van der Waals surface area contributed by atoms with E-state index in [1.54, 1.807) is 48.5 Å². The van der Waals surface area contributed by atoms with Crippen LogP contribution in [0.2, 0.25) is 0 Å². The highest BCUT2D eigenvalue weighted by atomic mass is 16.2. The molecule has 0 spiro atoms. The van der Waals surface area contributed by atoms with Gasteiger partial charge < -0.3 is 10.6 Å². The SMILES string of the molecule is CC(=O)c1ccccc1NCC(=O)Nc1ccccc1C(C)=O. The van der Waals surface area contributed by atoms with Crippen LogP contribution in [0.25, 0.3) is 0 Å². The molecule has 2 aromatic carbocycles. The van der Waals surface area contributed by atoms with Crippen LogP contribution < -0.4 is 10.6 Å². The molecule has 2 aromatic rings. The molecular formula is C18H18N2O3. The van der Waals surface area contributed by atoms with Crippen molar-refractivity contribution in [3.05, 3.63) is 59.7 Å². The van der Waals surface area contributed by atoms with Crippen LogP contribution in [0, 0.1) is 0 Å². The molecule has 0 bridgehead atoms. The fourth-order valence-electron chi connectivity index (χ4n) is 2.21. The summed E-state index contributed by atoms with van der Waals surface area (Å²) in [6.45, 7) is 2.92. The number of hydrogen-bond acceptors (Lipinski definition) is 4. The van der Waals surface area contributed by atoms with Crippen molar-refractivity contribution in [1.29, 1.82) is 0 Å². The lowest BCUT2D eigenvalue weighted by atomic mass is 10.1. The molecule has 2 rings (SSSR count). The molecule has 23 heavy (non-hydrogen) atoms. The predicted octanol–water partition coefficient (Wildman–Crippen LogP) is 3.14. The summed E-state index contributed by atoms with van der Waals surface area (Å²) < 4.78 is 0. The summed E-state index contributed by atoms with van der Waals surface area (Å²) in [5.41, 5.74) is 2.08. The van der Waals surface area contributed by atoms with E-state index in [4.69, 9.17) is 0 Å². The summed E-state index contributed by atoms with van der Waals surface area (Å²) in [4.78, 5) is 35.2. The predicted molar refractivity (Wildman–Crippen MR) is 90.0 cm³/mol. The maximum absolute atomic E-state index is 12.1. The van der Waals surface area contributed by atoms with Gasteiger partial charge in [0.2, 0.25) is 5.91 Å². The quantitative estimate of drug-likeness (QED) is 0.804.